The van der Waals surface area contributed by atoms with Gasteiger partial charge < -0.3 is 14.5 Å². The van der Waals surface area contributed by atoms with Crippen LogP contribution in [0.5, 0.6) is 0 Å². The summed E-state index contributed by atoms with van der Waals surface area (Å²) in [5.41, 5.74) is -0.732. The zero-order chi connectivity index (χ0) is 15.8. The molecule has 0 aromatic carbocycles. The Hall–Kier alpha value is -1.26. The number of carbonyl (C=O) groups excluding carboxylic acids is 2. The number of amides is 2. The van der Waals surface area contributed by atoms with E-state index in [2.05, 4.69) is 0 Å². The van der Waals surface area contributed by atoms with E-state index in [0.29, 0.717) is 6.54 Å². The Balaban J connectivity index is 1.98. The number of hydrogen-bond donors (Lipinski definition) is 0. The van der Waals surface area contributed by atoms with Gasteiger partial charge in [0, 0.05) is 31.1 Å². The van der Waals surface area contributed by atoms with E-state index in [4.69, 9.17) is 4.74 Å². The van der Waals surface area contributed by atoms with Crippen LogP contribution < -0.4 is 0 Å². The first-order chi connectivity index (χ1) is 9.60. The fraction of sp³-hybridized carbons (Fsp3) is 0.875. The van der Waals surface area contributed by atoms with Crippen molar-refractivity contribution in [1.82, 2.24) is 9.80 Å². The molecule has 1 unspecified atom stereocenters. The van der Waals surface area contributed by atoms with Gasteiger partial charge in [0.05, 0.1) is 0 Å². The minimum atomic E-state index is -0.477. The Labute approximate surface area is 127 Å². The Bertz CT molecular complexity index is 426. The molecular weight excluding hydrogens is 268 g/mol. The van der Waals surface area contributed by atoms with Gasteiger partial charge in [-0.2, -0.15) is 0 Å². The van der Waals surface area contributed by atoms with Gasteiger partial charge in [-0.1, -0.05) is 13.8 Å². The van der Waals surface area contributed by atoms with E-state index in [-0.39, 0.29) is 23.5 Å². The molecule has 0 bridgehead atoms. The highest BCUT2D eigenvalue weighted by Gasteiger charge is 2.43. The van der Waals surface area contributed by atoms with E-state index in [1.165, 1.54) is 0 Å². The lowest BCUT2D eigenvalue weighted by Crippen LogP contribution is -2.52. The zero-order valence-electron chi connectivity index (χ0n) is 13.9. The van der Waals surface area contributed by atoms with Crippen LogP contribution in [0.4, 0.5) is 4.79 Å². The molecule has 2 heterocycles. The molecule has 0 N–H and O–H groups in total. The molecule has 2 saturated heterocycles. The van der Waals surface area contributed by atoms with E-state index < -0.39 is 5.60 Å². The summed E-state index contributed by atoms with van der Waals surface area (Å²) >= 11 is 0. The molecule has 0 aromatic rings. The second kappa shape index (κ2) is 5.50. The van der Waals surface area contributed by atoms with E-state index in [9.17, 15) is 9.59 Å². The maximum absolute atomic E-state index is 12.4. The largest absolute Gasteiger partial charge is 0.444 e. The average Bonchev–Trinajstić information content (AvgIpc) is 2.63. The number of rotatable bonds is 1. The lowest BCUT2D eigenvalue weighted by atomic mass is 9.92. The molecule has 0 radical (unpaired) electrons. The molecule has 0 aromatic heterocycles. The van der Waals surface area contributed by atoms with Crippen molar-refractivity contribution in [2.24, 2.45) is 5.41 Å². The smallest absolute Gasteiger partial charge is 0.410 e. The van der Waals surface area contributed by atoms with Gasteiger partial charge in [0.2, 0.25) is 5.91 Å². The molecule has 0 saturated carbocycles. The van der Waals surface area contributed by atoms with Crippen molar-refractivity contribution in [3.8, 4) is 0 Å². The Morgan fingerprint density at radius 2 is 1.95 bits per heavy atom. The molecular formula is C16H28N2O3. The Morgan fingerprint density at radius 1 is 1.29 bits per heavy atom. The normalized spacial score (nSPS) is 26.1. The fourth-order valence-electron chi connectivity index (χ4n) is 3.05. The highest BCUT2D eigenvalue weighted by molar-refractivity contribution is 5.84. The molecule has 120 valence electrons. The third-order valence-electron chi connectivity index (χ3n) is 4.31. The van der Waals surface area contributed by atoms with Gasteiger partial charge in [-0.15, -0.1) is 0 Å². The van der Waals surface area contributed by atoms with Crippen LogP contribution in [-0.2, 0) is 9.53 Å². The van der Waals surface area contributed by atoms with Crippen molar-refractivity contribution < 1.29 is 14.3 Å². The minimum Gasteiger partial charge on any atom is -0.444 e. The molecule has 5 heteroatoms. The van der Waals surface area contributed by atoms with E-state index in [1.54, 1.807) is 4.90 Å². The summed E-state index contributed by atoms with van der Waals surface area (Å²) in [5, 5.41) is 0. The third-order valence-corrected chi connectivity index (χ3v) is 4.31. The summed E-state index contributed by atoms with van der Waals surface area (Å²) < 4.78 is 5.44. The highest BCUT2D eigenvalue weighted by atomic mass is 16.6. The van der Waals surface area contributed by atoms with Crippen LogP contribution in [0.2, 0.25) is 0 Å². The maximum Gasteiger partial charge on any atom is 0.410 e. The van der Waals surface area contributed by atoms with E-state index in [0.717, 1.165) is 32.4 Å². The van der Waals surface area contributed by atoms with Crippen LogP contribution in [0.25, 0.3) is 0 Å². The highest BCUT2D eigenvalue weighted by Crippen LogP contribution is 2.33. The molecule has 1 atom stereocenters. The lowest BCUT2D eigenvalue weighted by Gasteiger charge is -2.38. The number of likely N-dealkylation sites (tertiary alicyclic amines) is 2. The van der Waals surface area contributed by atoms with Gasteiger partial charge in [-0.05, 0) is 40.0 Å². The summed E-state index contributed by atoms with van der Waals surface area (Å²) in [4.78, 5) is 28.3. The van der Waals surface area contributed by atoms with Gasteiger partial charge >= 0.3 is 6.09 Å². The summed E-state index contributed by atoms with van der Waals surface area (Å²) in [5.74, 6) is 0.221. The first kappa shape index (κ1) is 16.1. The predicted octanol–water partition coefficient (Wildman–Crippen LogP) is 2.64. The van der Waals surface area contributed by atoms with Crippen molar-refractivity contribution in [2.45, 2.75) is 65.5 Å². The second-order valence-electron chi connectivity index (χ2n) is 7.85. The van der Waals surface area contributed by atoms with Gasteiger partial charge in [0.15, 0.2) is 0 Å². The Kier molecular flexibility index (Phi) is 4.22. The average molecular weight is 296 g/mol. The number of piperidine rings is 1. The monoisotopic (exact) mass is 296 g/mol. The van der Waals surface area contributed by atoms with Crippen LogP contribution in [0.1, 0.15) is 53.9 Å². The topological polar surface area (TPSA) is 49.9 Å². The van der Waals surface area contributed by atoms with E-state index in [1.807, 2.05) is 39.5 Å². The quantitative estimate of drug-likeness (QED) is 0.747. The molecule has 21 heavy (non-hydrogen) atoms. The van der Waals surface area contributed by atoms with Gasteiger partial charge in [0.25, 0.3) is 0 Å². The van der Waals surface area contributed by atoms with Crippen LogP contribution in [0, 0.1) is 5.41 Å². The molecule has 2 aliphatic rings. The maximum atomic E-state index is 12.4. The molecule has 0 aliphatic carbocycles. The predicted molar refractivity (Wildman–Crippen MR) is 80.9 cm³/mol. The first-order valence-electron chi connectivity index (χ1n) is 7.89. The van der Waals surface area contributed by atoms with Crippen LogP contribution >= 0.6 is 0 Å². The second-order valence-corrected chi connectivity index (χ2v) is 7.85. The van der Waals surface area contributed by atoms with Crippen molar-refractivity contribution in [1.29, 1.82) is 0 Å². The summed E-state index contributed by atoms with van der Waals surface area (Å²) in [6.07, 6.45) is 2.53. The van der Waals surface area contributed by atoms with Gasteiger partial charge in [0.1, 0.15) is 5.60 Å². The Morgan fingerprint density at radius 3 is 2.48 bits per heavy atom. The number of hydrogen-bond acceptors (Lipinski definition) is 3. The summed E-state index contributed by atoms with van der Waals surface area (Å²) in [6.45, 7) is 11.7. The van der Waals surface area contributed by atoms with Crippen LogP contribution in [-0.4, -0.2) is 53.1 Å². The minimum absolute atomic E-state index is 0.139. The number of ether oxygens (including phenoxy) is 1. The van der Waals surface area contributed by atoms with Gasteiger partial charge in [-0.3, -0.25) is 4.79 Å². The van der Waals surface area contributed by atoms with Crippen LogP contribution in [0.15, 0.2) is 0 Å². The van der Waals surface area contributed by atoms with Gasteiger partial charge in [-0.25, -0.2) is 4.79 Å². The van der Waals surface area contributed by atoms with Crippen molar-refractivity contribution >= 4 is 12.0 Å². The first-order valence-corrected chi connectivity index (χ1v) is 7.89. The molecule has 0 spiro atoms. The fourth-order valence-corrected chi connectivity index (χ4v) is 3.05. The van der Waals surface area contributed by atoms with Crippen molar-refractivity contribution in [3.63, 3.8) is 0 Å². The summed E-state index contributed by atoms with van der Waals surface area (Å²) in [7, 11) is 0. The zero-order valence-corrected chi connectivity index (χ0v) is 13.9. The molecule has 2 fully saturated rings. The molecule has 5 nitrogen and oxygen atoms in total. The number of carbonyl (C=O) groups is 2. The summed E-state index contributed by atoms with van der Waals surface area (Å²) in [6, 6.07) is 0.139. The van der Waals surface area contributed by atoms with Crippen LogP contribution in [0.3, 0.4) is 0 Å². The number of nitrogens with zero attached hydrogens (tertiary/aromatic N) is 2. The standard InChI is InChI=1S/C16H28N2O3/c1-15(2,3)21-14(20)17-9-6-7-12(11-17)18-10-8-16(4,5)13(18)19/h12H,6-11H2,1-5H3. The molecule has 2 aliphatic heterocycles. The molecule has 2 rings (SSSR count). The third kappa shape index (κ3) is 3.69. The SMILES string of the molecule is CC(C)(C)OC(=O)N1CCCC(N2CCC(C)(C)C2=O)C1. The van der Waals surface area contributed by atoms with E-state index >= 15 is 0 Å². The van der Waals surface area contributed by atoms with Crippen molar-refractivity contribution in [3.05, 3.63) is 0 Å². The van der Waals surface area contributed by atoms with Crippen molar-refractivity contribution in [2.75, 3.05) is 19.6 Å². The molecule has 2 amide bonds. The lowest BCUT2D eigenvalue weighted by molar-refractivity contribution is -0.137.